The van der Waals surface area contributed by atoms with Crippen molar-refractivity contribution in [3.63, 3.8) is 0 Å². The molecule has 1 aliphatic rings. The molecule has 0 spiro atoms. The minimum Gasteiger partial charge on any atom is -0.489 e. The molecule has 0 saturated heterocycles. The molecule has 5 nitrogen and oxygen atoms in total. The first kappa shape index (κ1) is 19.9. The summed E-state index contributed by atoms with van der Waals surface area (Å²) in [5, 5.41) is 5.70. The van der Waals surface area contributed by atoms with E-state index in [1.54, 1.807) is 24.3 Å². The van der Waals surface area contributed by atoms with E-state index in [-0.39, 0.29) is 36.6 Å². The fraction of sp³-hybridized carbons (Fsp3) is 0.364. The second-order valence-electron chi connectivity index (χ2n) is 7.04. The highest BCUT2D eigenvalue weighted by Gasteiger charge is 2.23. The van der Waals surface area contributed by atoms with Crippen LogP contribution in [-0.4, -0.2) is 25.0 Å². The molecule has 0 atom stereocenters. The molecule has 2 N–H and O–H groups in total. The summed E-state index contributed by atoms with van der Waals surface area (Å²) < 4.78 is 18.8. The lowest BCUT2D eigenvalue weighted by Gasteiger charge is -2.14. The number of benzene rings is 2. The van der Waals surface area contributed by atoms with Crippen molar-refractivity contribution in [2.24, 2.45) is 5.92 Å². The lowest BCUT2D eigenvalue weighted by molar-refractivity contribution is -0.119. The molecule has 148 valence electrons. The first-order chi connectivity index (χ1) is 13.5. The minimum absolute atomic E-state index is 0.0245. The van der Waals surface area contributed by atoms with E-state index in [4.69, 9.17) is 4.74 Å². The number of carbonyl (C=O) groups is 2. The summed E-state index contributed by atoms with van der Waals surface area (Å²) >= 11 is 0. The van der Waals surface area contributed by atoms with Crippen LogP contribution in [0, 0.1) is 18.7 Å². The number of nitrogens with one attached hydrogen (secondary N) is 2. The van der Waals surface area contributed by atoms with Gasteiger partial charge in [0, 0.05) is 17.2 Å². The fourth-order valence-electron chi connectivity index (χ4n) is 3.31. The molecule has 0 aromatic heterocycles. The third kappa shape index (κ3) is 5.09. The molecular weight excluding hydrogens is 359 g/mol. The summed E-state index contributed by atoms with van der Waals surface area (Å²) in [6.07, 6.45) is 4.03. The van der Waals surface area contributed by atoms with Gasteiger partial charge in [-0.1, -0.05) is 31.0 Å². The molecular formula is C22H25FN2O3. The van der Waals surface area contributed by atoms with E-state index in [0.29, 0.717) is 11.3 Å². The average Bonchev–Trinajstić information content (AvgIpc) is 3.23. The predicted molar refractivity (Wildman–Crippen MR) is 106 cm³/mol. The van der Waals surface area contributed by atoms with Crippen LogP contribution in [0.5, 0.6) is 5.75 Å². The summed E-state index contributed by atoms with van der Waals surface area (Å²) in [6.45, 7) is 2.29. The van der Waals surface area contributed by atoms with Gasteiger partial charge >= 0.3 is 0 Å². The van der Waals surface area contributed by atoms with Crippen molar-refractivity contribution < 1.29 is 18.7 Å². The Balaban J connectivity index is 1.53. The SMILES string of the molecule is Cc1ccc(C(=O)NCCOc2ccccc2F)cc1NC(=O)C1CCCC1. The maximum atomic E-state index is 13.5. The zero-order valence-electron chi connectivity index (χ0n) is 16.0. The number of amides is 2. The largest absolute Gasteiger partial charge is 0.489 e. The van der Waals surface area contributed by atoms with Crippen LogP contribution < -0.4 is 15.4 Å². The number of hydrogen-bond acceptors (Lipinski definition) is 3. The molecule has 6 heteroatoms. The Kier molecular flexibility index (Phi) is 6.63. The number of halogens is 1. The highest BCUT2D eigenvalue weighted by atomic mass is 19.1. The monoisotopic (exact) mass is 384 g/mol. The van der Waals surface area contributed by atoms with Crippen molar-refractivity contribution in [2.45, 2.75) is 32.6 Å². The van der Waals surface area contributed by atoms with E-state index in [9.17, 15) is 14.0 Å². The number of aryl methyl sites for hydroxylation is 1. The molecule has 2 aromatic rings. The van der Waals surface area contributed by atoms with Crippen molar-refractivity contribution in [3.8, 4) is 5.75 Å². The average molecular weight is 384 g/mol. The number of carbonyl (C=O) groups excluding carboxylic acids is 2. The Labute approximate surface area is 164 Å². The summed E-state index contributed by atoms with van der Waals surface area (Å²) in [5.41, 5.74) is 2.02. The van der Waals surface area contributed by atoms with Crippen molar-refractivity contribution >= 4 is 17.5 Å². The molecule has 2 amide bonds. The van der Waals surface area contributed by atoms with E-state index in [2.05, 4.69) is 10.6 Å². The van der Waals surface area contributed by atoms with Gasteiger partial charge in [-0.15, -0.1) is 0 Å². The Bertz CT molecular complexity index is 847. The second-order valence-corrected chi connectivity index (χ2v) is 7.04. The Morgan fingerprint density at radius 1 is 1.14 bits per heavy atom. The van der Waals surface area contributed by atoms with Crippen LogP contribution in [0.2, 0.25) is 0 Å². The number of rotatable bonds is 7. The zero-order chi connectivity index (χ0) is 19.9. The third-order valence-corrected chi connectivity index (χ3v) is 4.97. The van der Waals surface area contributed by atoms with Crippen LogP contribution in [0.25, 0.3) is 0 Å². The normalized spacial score (nSPS) is 13.9. The van der Waals surface area contributed by atoms with Gasteiger partial charge in [0.05, 0.1) is 6.54 Å². The maximum absolute atomic E-state index is 13.5. The van der Waals surface area contributed by atoms with Crippen LogP contribution in [-0.2, 0) is 4.79 Å². The quantitative estimate of drug-likeness (QED) is 0.707. The van der Waals surface area contributed by atoms with Gasteiger partial charge in [-0.2, -0.15) is 0 Å². The standard InChI is InChI=1S/C22H25FN2O3/c1-15-10-11-17(14-19(15)25-22(27)16-6-2-3-7-16)21(26)24-12-13-28-20-9-5-4-8-18(20)23/h4-5,8-11,14,16H,2-3,6-7,12-13H2,1H3,(H,24,26)(H,25,27). The molecule has 0 aliphatic heterocycles. The third-order valence-electron chi connectivity index (χ3n) is 4.97. The molecule has 3 rings (SSSR count). The molecule has 28 heavy (non-hydrogen) atoms. The van der Waals surface area contributed by atoms with Crippen LogP contribution in [0.1, 0.15) is 41.6 Å². The number of ether oxygens (including phenoxy) is 1. The molecule has 0 heterocycles. The fourth-order valence-corrected chi connectivity index (χ4v) is 3.31. The summed E-state index contributed by atoms with van der Waals surface area (Å²) in [4.78, 5) is 24.7. The molecule has 0 bridgehead atoms. The van der Waals surface area contributed by atoms with Gasteiger partial charge in [0.1, 0.15) is 6.61 Å². The number of hydrogen-bond donors (Lipinski definition) is 2. The number of anilines is 1. The van der Waals surface area contributed by atoms with Crippen molar-refractivity contribution in [2.75, 3.05) is 18.5 Å². The molecule has 0 unspecified atom stereocenters. The molecule has 0 radical (unpaired) electrons. The second kappa shape index (κ2) is 9.35. The van der Waals surface area contributed by atoms with Gasteiger partial charge in [0.15, 0.2) is 11.6 Å². The van der Waals surface area contributed by atoms with E-state index >= 15 is 0 Å². The van der Waals surface area contributed by atoms with Gasteiger partial charge < -0.3 is 15.4 Å². The van der Waals surface area contributed by atoms with Gasteiger partial charge in [-0.25, -0.2) is 4.39 Å². The Morgan fingerprint density at radius 3 is 2.64 bits per heavy atom. The summed E-state index contributed by atoms with van der Waals surface area (Å²) in [5.74, 6) is -0.462. The molecule has 2 aromatic carbocycles. The molecule has 1 aliphatic carbocycles. The van der Waals surface area contributed by atoms with E-state index in [1.807, 2.05) is 13.0 Å². The van der Waals surface area contributed by atoms with E-state index < -0.39 is 5.82 Å². The van der Waals surface area contributed by atoms with Crippen molar-refractivity contribution in [1.29, 1.82) is 0 Å². The van der Waals surface area contributed by atoms with Crippen molar-refractivity contribution in [1.82, 2.24) is 5.32 Å². The van der Waals surface area contributed by atoms with E-state index in [0.717, 1.165) is 31.2 Å². The van der Waals surface area contributed by atoms with Crippen LogP contribution >= 0.6 is 0 Å². The predicted octanol–water partition coefficient (Wildman–Crippen LogP) is 4.07. The van der Waals surface area contributed by atoms with E-state index in [1.165, 1.54) is 12.1 Å². The first-order valence-electron chi connectivity index (χ1n) is 9.61. The van der Waals surface area contributed by atoms with Crippen LogP contribution in [0.3, 0.4) is 0 Å². The summed E-state index contributed by atoms with van der Waals surface area (Å²) in [7, 11) is 0. The van der Waals surface area contributed by atoms with Gasteiger partial charge in [-0.05, 0) is 49.6 Å². The Morgan fingerprint density at radius 2 is 1.89 bits per heavy atom. The maximum Gasteiger partial charge on any atom is 0.251 e. The minimum atomic E-state index is -0.435. The van der Waals surface area contributed by atoms with Crippen LogP contribution in [0.15, 0.2) is 42.5 Å². The van der Waals surface area contributed by atoms with Gasteiger partial charge in [-0.3, -0.25) is 9.59 Å². The molecule has 1 saturated carbocycles. The highest BCUT2D eigenvalue weighted by Crippen LogP contribution is 2.27. The topological polar surface area (TPSA) is 67.4 Å². The Hall–Kier alpha value is -2.89. The smallest absolute Gasteiger partial charge is 0.251 e. The van der Waals surface area contributed by atoms with Crippen molar-refractivity contribution in [3.05, 3.63) is 59.4 Å². The lowest BCUT2D eigenvalue weighted by atomic mass is 10.1. The zero-order valence-corrected chi connectivity index (χ0v) is 16.0. The highest BCUT2D eigenvalue weighted by molar-refractivity contribution is 5.98. The van der Waals surface area contributed by atoms with Gasteiger partial charge in [0.25, 0.3) is 5.91 Å². The van der Waals surface area contributed by atoms with Gasteiger partial charge in [0.2, 0.25) is 5.91 Å². The lowest BCUT2D eigenvalue weighted by Crippen LogP contribution is -2.28. The number of para-hydroxylation sites is 1. The summed E-state index contributed by atoms with van der Waals surface area (Å²) in [6, 6.07) is 11.4. The first-order valence-corrected chi connectivity index (χ1v) is 9.61. The molecule has 1 fully saturated rings. The van der Waals surface area contributed by atoms with Crippen LogP contribution in [0.4, 0.5) is 10.1 Å².